The van der Waals surface area contributed by atoms with Crippen molar-refractivity contribution in [2.24, 2.45) is 11.8 Å². The van der Waals surface area contributed by atoms with E-state index in [-0.39, 0.29) is 0 Å². The van der Waals surface area contributed by atoms with E-state index in [9.17, 15) is 0 Å². The molecule has 2 aliphatic carbocycles. The summed E-state index contributed by atoms with van der Waals surface area (Å²) in [6.45, 7) is 0. The number of hydrogen-bond donors (Lipinski definition) is 2. The molecule has 0 aromatic heterocycles. The highest BCUT2D eigenvalue weighted by atomic mass is 16.3. The molecule has 0 aliphatic heterocycles. The highest BCUT2D eigenvalue weighted by molar-refractivity contribution is 5.00. The standard InChI is InChI=1S/C7H12O2/c8-6-4-2-1-3-5(4)7(6)9/h4-9H,1-3H2/t4-,5+,6?,7?. The Morgan fingerprint density at radius 2 is 1.33 bits per heavy atom. The van der Waals surface area contributed by atoms with Crippen molar-refractivity contribution in [1.29, 1.82) is 0 Å². The minimum Gasteiger partial charge on any atom is -0.390 e. The lowest BCUT2D eigenvalue weighted by Crippen LogP contribution is -2.52. The van der Waals surface area contributed by atoms with Crippen LogP contribution in [0.3, 0.4) is 0 Å². The second-order valence-electron chi connectivity index (χ2n) is 3.24. The average molecular weight is 128 g/mol. The Balaban J connectivity index is 2.06. The maximum atomic E-state index is 9.14. The molecule has 4 atom stereocenters. The normalized spacial score (nSPS) is 56.7. The van der Waals surface area contributed by atoms with Crippen LogP contribution in [0.1, 0.15) is 19.3 Å². The van der Waals surface area contributed by atoms with Crippen molar-refractivity contribution in [2.75, 3.05) is 0 Å². The molecule has 9 heavy (non-hydrogen) atoms. The van der Waals surface area contributed by atoms with Gasteiger partial charge in [0.2, 0.25) is 0 Å². The zero-order chi connectivity index (χ0) is 6.43. The Labute approximate surface area is 54.5 Å². The number of aliphatic hydroxyl groups excluding tert-OH is 2. The zero-order valence-corrected chi connectivity index (χ0v) is 5.33. The van der Waals surface area contributed by atoms with E-state index in [4.69, 9.17) is 10.2 Å². The highest BCUT2D eigenvalue weighted by Crippen LogP contribution is 2.46. The number of aliphatic hydroxyl groups is 2. The number of hydrogen-bond acceptors (Lipinski definition) is 2. The molecule has 0 spiro atoms. The quantitative estimate of drug-likeness (QED) is 0.487. The first-order valence-electron chi connectivity index (χ1n) is 3.67. The van der Waals surface area contributed by atoms with Gasteiger partial charge in [-0.1, -0.05) is 6.42 Å². The van der Waals surface area contributed by atoms with E-state index in [0.717, 1.165) is 12.8 Å². The summed E-state index contributed by atoms with van der Waals surface area (Å²) in [5, 5.41) is 18.3. The van der Waals surface area contributed by atoms with Gasteiger partial charge in [-0.05, 0) is 24.7 Å². The molecule has 0 amide bonds. The molecule has 2 aliphatic rings. The lowest BCUT2D eigenvalue weighted by molar-refractivity contribution is -0.140. The summed E-state index contributed by atoms with van der Waals surface area (Å²) in [5.74, 6) is 0.889. The van der Waals surface area contributed by atoms with Gasteiger partial charge in [0.25, 0.3) is 0 Å². The van der Waals surface area contributed by atoms with Crippen LogP contribution < -0.4 is 0 Å². The average Bonchev–Trinajstić information content (AvgIpc) is 2.30. The lowest BCUT2D eigenvalue weighted by Gasteiger charge is -2.42. The zero-order valence-electron chi connectivity index (χ0n) is 5.33. The summed E-state index contributed by atoms with van der Waals surface area (Å²) in [6.07, 6.45) is 2.67. The predicted octanol–water partition coefficient (Wildman–Crippen LogP) is 0.138. The molecule has 2 nitrogen and oxygen atoms in total. The number of rotatable bonds is 0. The molecule has 0 aromatic rings. The fourth-order valence-electron chi connectivity index (χ4n) is 2.23. The van der Waals surface area contributed by atoms with E-state index in [1.54, 1.807) is 0 Å². The van der Waals surface area contributed by atoms with Crippen LogP contribution >= 0.6 is 0 Å². The predicted molar refractivity (Wildman–Crippen MR) is 32.8 cm³/mol. The molecule has 52 valence electrons. The van der Waals surface area contributed by atoms with Gasteiger partial charge in [-0.15, -0.1) is 0 Å². The minimum absolute atomic E-state index is 0.391. The van der Waals surface area contributed by atoms with E-state index in [2.05, 4.69) is 0 Å². The summed E-state index contributed by atoms with van der Waals surface area (Å²) < 4.78 is 0. The van der Waals surface area contributed by atoms with Crippen molar-refractivity contribution in [3.05, 3.63) is 0 Å². The van der Waals surface area contributed by atoms with Gasteiger partial charge in [0.15, 0.2) is 0 Å². The summed E-state index contributed by atoms with van der Waals surface area (Å²) in [6, 6.07) is 0. The van der Waals surface area contributed by atoms with Gasteiger partial charge >= 0.3 is 0 Å². The lowest BCUT2D eigenvalue weighted by atomic mass is 9.71. The van der Waals surface area contributed by atoms with Crippen molar-refractivity contribution in [2.45, 2.75) is 31.5 Å². The molecule has 0 radical (unpaired) electrons. The summed E-state index contributed by atoms with van der Waals surface area (Å²) >= 11 is 0. The van der Waals surface area contributed by atoms with Gasteiger partial charge in [0, 0.05) is 0 Å². The topological polar surface area (TPSA) is 40.5 Å². The SMILES string of the molecule is OC1C(O)[C@@H]2CCC[C@H]12. The third-order valence-electron chi connectivity index (χ3n) is 2.85. The summed E-state index contributed by atoms with van der Waals surface area (Å²) in [5.41, 5.74) is 0. The van der Waals surface area contributed by atoms with E-state index in [1.807, 2.05) is 0 Å². The molecular weight excluding hydrogens is 116 g/mol. The van der Waals surface area contributed by atoms with Crippen LogP contribution in [-0.2, 0) is 0 Å². The third kappa shape index (κ3) is 0.578. The second kappa shape index (κ2) is 1.70. The molecule has 0 saturated heterocycles. The molecule has 0 heterocycles. The van der Waals surface area contributed by atoms with Crippen LogP contribution in [0.5, 0.6) is 0 Å². The summed E-state index contributed by atoms with van der Waals surface area (Å²) in [7, 11) is 0. The Hall–Kier alpha value is -0.0800. The number of fused-ring (bicyclic) bond motifs is 1. The maximum Gasteiger partial charge on any atom is 0.0833 e. The fraction of sp³-hybridized carbons (Fsp3) is 1.00. The monoisotopic (exact) mass is 128 g/mol. The Morgan fingerprint density at radius 3 is 1.78 bits per heavy atom. The van der Waals surface area contributed by atoms with Crippen LogP contribution in [-0.4, -0.2) is 22.4 Å². The van der Waals surface area contributed by atoms with Gasteiger partial charge in [0.1, 0.15) is 0 Å². The van der Waals surface area contributed by atoms with Crippen LogP contribution in [0.25, 0.3) is 0 Å². The van der Waals surface area contributed by atoms with Gasteiger partial charge < -0.3 is 10.2 Å². The third-order valence-corrected chi connectivity index (χ3v) is 2.85. The molecule has 2 rings (SSSR count). The van der Waals surface area contributed by atoms with Gasteiger partial charge in [0.05, 0.1) is 12.2 Å². The van der Waals surface area contributed by atoms with E-state index >= 15 is 0 Å². The molecule has 0 bridgehead atoms. The van der Waals surface area contributed by atoms with Crippen molar-refractivity contribution < 1.29 is 10.2 Å². The molecule has 2 N–H and O–H groups in total. The smallest absolute Gasteiger partial charge is 0.0833 e. The first-order chi connectivity index (χ1) is 4.30. The van der Waals surface area contributed by atoms with E-state index in [1.165, 1.54) is 6.42 Å². The highest BCUT2D eigenvalue weighted by Gasteiger charge is 2.50. The van der Waals surface area contributed by atoms with Gasteiger partial charge in [-0.2, -0.15) is 0 Å². The van der Waals surface area contributed by atoms with Gasteiger partial charge in [-0.25, -0.2) is 0 Å². The Kier molecular flexibility index (Phi) is 1.08. The van der Waals surface area contributed by atoms with Crippen molar-refractivity contribution in [3.63, 3.8) is 0 Å². The first-order valence-corrected chi connectivity index (χ1v) is 3.67. The van der Waals surface area contributed by atoms with Crippen LogP contribution in [0.15, 0.2) is 0 Å². The molecular formula is C7H12O2. The van der Waals surface area contributed by atoms with Crippen LogP contribution in [0.2, 0.25) is 0 Å². The van der Waals surface area contributed by atoms with E-state index in [0.29, 0.717) is 11.8 Å². The Bertz CT molecular complexity index is 110. The molecule has 2 heteroatoms. The van der Waals surface area contributed by atoms with Gasteiger partial charge in [-0.3, -0.25) is 0 Å². The fourth-order valence-corrected chi connectivity index (χ4v) is 2.23. The van der Waals surface area contributed by atoms with Crippen molar-refractivity contribution in [3.8, 4) is 0 Å². The summed E-state index contributed by atoms with van der Waals surface area (Å²) in [4.78, 5) is 0. The molecule has 2 fully saturated rings. The van der Waals surface area contributed by atoms with E-state index < -0.39 is 12.2 Å². The largest absolute Gasteiger partial charge is 0.390 e. The molecule has 0 aromatic carbocycles. The van der Waals surface area contributed by atoms with Crippen LogP contribution in [0.4, 0.5) is 0 Å². The second-order valence-corrected chi connectivity index (χ2v) is 3.24. The van der Waals surface area contributed by atoms with Crippen molar-refractivity contribution in [1.82, 2.24) is 0 Å². The molecule has 2 saturated carbocycles. The van der Waals surface area contributed by atoms with Crippen LogP contribution in [0, 0.1) is 11.8 Å². The Morgan fingerprint density at radius 1 is 0.889 bits per heavy atom. The minimum atomic E-state index is -0.391. The first kappa shape index (κ1) is 5.69. The van der Waals surface area contributed by atoms with Crippen molar-refractivity contribution >= 4 is 0 Å². The molecule has 2 unspecified atom stereocenters. The maximum absolute atomic E-state index is 9.14.